The predicted octanol–water partition coefficient (Wildman–Crippen LogP) is 3.11. The molecule has 0 atom stereocenters. The lowest BCUT2D eigenvalue weighted by molar-refractivity contribution is -0.384. The zero-order valence-electron chi connectivity index (χ0n) is 7.44. The molecule has 0 radical (unpaired) electrons. The minimum atomic E-state index is -0.416. The van der Waals surface area contributed by atoms with Crippen molar-refractivity contribution in [1.29, 1.82) is 0 Å². The number of aryl methyl sites for hydroxylation is 1. The van der Waals surface area contributed by atoms with Crippen LogP contribution in [0.3, 0.4) is 0 Å². The summed E-state index contributed by atoms with van der Waals surface area (Å²) in [6.45, 7) is 0. The molecule has 0 N–H and O–H groups in total. The van der Waals surface area contributed by atoms with Gasteiger partial charge in [0.2, 0.25) is 0 Å². The summed E-state index contributed by atoms with van der Waals surface area (Å²) >= 11 is 9.96. The number of hydrogen-bond donors (Lipinski definition) is 1. The summed E-state index contributed by atoms with van der Waals surface area (Å²) in [5.41, 5.74) is 0.901. The summed E-state index contributed by atoms with van der Waals surface area (Å²) in [6, 6.07) is 4.49. The van der Waals surface area contributed by atoms with E-state index in [-0.39, 0.29) is 5.69 Å². The van der Waals surface area contributed by atoms with Crippen LogP contribution in [0.5, 0.6) is 0 Å². The molecule has 76 valence electrons. The Morgan fingerprint density at radius 1 is 1.50 bits per heavy atom. The van der Waals surface area contributed by atoms with Gasteiger partial charge in [0.25, 0.3) is 5.69 Å². The van der Waals surface area contributed by atoms with Gasteiger partial charge in [0.15, 0.2) is 0 Å². The molecule has 3 nitrogen and oxygen atoms in total. The number of hydrogen-bond acceptors (Lipinski definition) is 3. The monoisotopic (exact) mass is 231 g/mol. The fourth-order valence-electron chi connectivity index (χ4n) is 1.14. The molecular weight excluding hydrogens is 222 g/mol. The van der Waals surface area contributed by atoms with Crippen LogP contribution in [0.25, 0.3) is 0 Å². The maximum absolute atomic E-state index is 10.5. The first-order chi connectivity index (χ1) is 6.65. The largest absolute Gasteiger partial charge is 0.269 e. The van der Waals surface area contributed by atoms with E-state index < -0.39 is 4.92 Å². The van der Waals surface area contributed by atoms with Crippen LogP contribution in [0.2, 0.25) is 5.02 Å². The predicted molar refractivity (Wildman–Crippen MR) is 60.3 cm³/mol. The first kappa shape index (κ1) is 11.3. The van der Waals surface area contributed by atoms with Gasteiger partial charge in [0, 0.05) is 17.2 Å². The van der Waals surface area contributed by atoms with Crippen molar-refractivity contribution in [2.24, 2.45) is 0 Å². The van der Waals surface area contributed by atoms with E-state index in [1.54, 1.807) is 6.07 Å². The Hall–Kier alpha value is -0.740. The number of nitro benzene ring substituents is 1. The number of rotatable bonds is 4. The Balaban J connectivity index is 2.90. The lowest BCUT2D eigenvalue weighted by atomic mass is 10.1. The summed E-state index contributed by atoms with van der Waals surface area (Å²) in [5, 5.41) is 11.1. The third kappa shape index (κ3) is 2.89. The van der Waals surface area contributed by atoms with Crippen LogP contribution < -0.4 is 0 Å². The van der Waals surface area contributed by atoms with Crippen LogP contribution in [-0.4, -0.2) is 10.7 Å². The molecule has 14 heavy (non-hydrogen) atoms. The molecule has 1 rings (SSSR count). The number of benzene rings is 1. The number of nitro groups is 1. The second-order valence-electron chi connectivity index (χ2n) is 2.86. The molecule has 5 heteroatoms. The summed E-state index contributed by atoms with van der Waals surface area (Å²) in [7, 11) is 0. The second kappa shape index (κ2) is 5.22. The molecule has 0 aliphatic heterocycles. The highest BCUT2D eigenvalue weighted by atomic mass is 35.5. The van der Waals surface area contributed by atoms with Crippen molar-refractivity contribution in [2.45, 2.75) is 12.8 Å². The van der Waals surface area contributed by atoms with Gasteiger partial charge >= 0.3 is 0 Å². The number of nitrogens with zero attached hydrogens (tertiary/aromatic N) is 1. The van der Waals surface area contributed by atoms with Crippen molar-refractivity contribution in [3.05, 3.63) is 38.9 Å². The van der Waals surface area contributed by atoms with Gasteiger partial charge in [-0.15, -0.1) is 0 Å². The van der Waals surface area contributed by atoms with Gasteiger partial charge in [0.05, 0.1) is 4.92 Å². The van der Waals surface area contributed by atoms with Gasteiger partial charge in [-0.3, -0.25) is 10.1 Å². The van der Waals surface area contributed by atoms with E-state index >= 15 is 0 Å². The Labute approximate surface area is 92.6 Å². The molecule has 0 saturated heterocycles. The molecule has 0 heterocycles. The minimum Gasteiger partial charge on any atom is -0.258 e. The van der Waals surface area contributed by atoms with Crippen molar-refractivity contribution in [3.63, 3.8) is 0 Å². The highest BCUT2D eigenvalue weighted by Gasteiger charge is 2.08. The van der Waals surface area contributed by atoms with Gasteiger partial charge in [0.1, 0.15) is 0 Å². The topological polar surface area (TPSA) is 43.1 Å². The van der Waals surface area contributed by atoms with E-state index in [0.717, 1.165) is 24.2 Å². The molecule has 0 spiro atoms. The van der Waals surface area contributed by atoms with Crippen LogP contribution in [0.1, 0.15) is 12.0 Å². The van der Waals surface area contributed by atoms with E-state index in [2.05, 4.69) is 12.6 Å². The zero-order chi connectivity index (χ0) is 10.6. The third-order valence-electron chi connectivity index (χ3n) is 1.84. The molecule has 0 saturated carbocycles. The van der Waals surface area contributed by atoms with Gasteiger partial charge in [-0.2, -0.15) is 12.6 Å². The Bertz CT molecular complexity index is 344. The standard InChI is InChI=1S/C9H10ClNO2S/c10-9-4-3-8(11(12)13)6-7(9)2-1-5-14/h3-4,6,14H,1-2,5H2. The van der Waals surface area contributed by atoms with Crippen LogP contribution in [0.4, 0.5) is 5.69 Å². The van der Waals surface area contributed by atoms with Gasteiger partial charge in [-0.25, -0.2) is 0 Å². The Morgan fingerprint density at radius 3 is 2.79 bits per heavy atom. The van der Waals surface area contributed by atoms with Crippen molar-refractivity contribution >= 4 is 29.9 Å². The molecule has 0 aliphatic carbocycles. The Kier molecular flexibility index (Phi) is 4.22. The minimum absolute atomic E-state index is 0.0866. The third-order valence-corrected chi connectivity index (χ3v) is 2.53. The highest BCUT2D eigenvalue weighted by Crippen LogP contribution is 2.23. The quantitative estimate of drug-likeness (QED) is 0.492. The normalized spacial score (nSPS) is 10.1. The molecule has 1 aromatic carbocycles. The van der Waals surface area contributed by atoms with Gasteiger partial charge < -0.3 is 0 Å². The zero-order valence-corrected chi connectivity index (χ0v) is 9.09. The lowest BCUT2D eigenvalue weighted by Crippen LogP contribution is -1.92. The van der Waals surface area contributed by atoms with E-state index in [4.69, 9.17) is 11.6 Å². The van der Waals surface area contributed by atoms with E-state index in [9.17, 15) is 10.1 Å². The van der Waals surface area contributed by atoms with Crippen molar-refractivity contribution in [3.8, 4) is 0 Å². The molecule has 0 aliphatic rings. The van der Waals surface area contributed by atoms with Crippen LogP contribution in [0.15, 0.2) is 18.2 Å². The molecule has 0 bridgehead atoms. The molecule has 0 unspecified atom stereocenters. The van der Waals surface area contributed by atoms with Crippen molar-refractivity contribution in [2.75, 3.05) is 5.75 Å². The van der Waals surface area contributed by atoms with Crippen molar-refractivity contribution in [1.82, 2.24) is 0 Å². The van der Waals surface area contributed by atoms with E-state index in [1.807, 2.05) is 0 Å². The first-order valence-corrected chi connectivity index (χ1v) is 5.20. The summed E-state index contributed by atoms with van der Waals surface area (Å²) in [5.74, 6) is 0.749. The smallest absolute Gasteiger partial charge is 0.258 e. The lowest BCUT2D eigenvalue weighted by Gasteiger charge is -2.02. The van der Waals surface area contributed by atoms with Gasteiger partial charge in [-0.05, 0) is 30.2 Å². The van der Waals surface area contributed by atoms with Crippen molar-refractivity contribution < 1.29 is 4.92 Å². The summed E-state index contributed by atoms with van der Waals surface area (Å²) < 4.78 is 0. The SMILES string of the molecule is O=[N+]([O-])c1ccc(Cl)c(CCCS)c1. The molecule has 0 fully saturated rings. The van der Waals surface area contributed by atoms with Crippen LogP contribution in [-0.2, 0) is 6.42 Å². The number of non-ortho nitro benzene ring substituents is 1. The Morgan fingerprint density at radius 2 is 2.21 bits per heavy atom. The summed E-state index contributed by atoms with van der Waals surface area (Å²) in [6.07, 6.45) is 1.59. The van der Waals surface area contributed by atoms with Gasteiger partial charge in [-0.1, -0.05) is 11.6 Å². The average Bonchev–Trinajstić information content (AvgIpc) is 2.16. The number of thiol groups is 1. The molecule has 0 aromatic heterocycles. The van der Waals surface area contributed by atoms with E-state index in [0.29, 0.717) is 5.02 Å². The maximum Gasteiger partial charge on any atom is 0.269 e. The molecular formula is C9H10ClNO2S. The fraction of sp³-hybridized carbons (Fsp3) is 0.333. The van der Waals surface area contributed by atoms with Crippen LogP contribution in [0, 0.1) is 10.1 Å². The van der Waals surface area contributed by atoms with Crippen LogP contribution >= 0.6 is 24.2 Å². The first-order valence-electron chi connectivity index (χ1n) is 4.19. The van der Waals surface area contributed by atoms with E-state index in [1.165, 1.54) is 12.1 Å². The highest BCUT2D eigenvalue weighted by molar-refractivity contribution is 7.80. The maximum atomic E-state index is 10.5. The average molecular weight is 232 g/mol. The fourth-order valence-corrected chi connectivity index (χ4v) is 1.51. The number of halogens is 1. The molecule has 1 aromatic rings. The summed E-state index contributed by atoms with van der Waals surface area (Å²) in [4.78, 5) is 10.1. The second-order valence-corrected chi connectivity index (χ2v) is 3.71. The molecule has 0 amide bonds.